The van der Waals surface area contributed by atoms with Crippen LogP contribution in [0.25, 0.3) is 0 Å². The van der Waals surface area contributed by atoms with Gasteiger partial charge in [0.2, 0.25) is 0 Å². The van der Waals surface area contributed by atoms with Crippen molar-refractivity contribution < 1.29 is 19.1 Å². The Hall–Kier alpha value is -2.53. The van der Waals surface area contributed by atoms with Gasteiger partial charge in [0.05, 0.1) is 23.9 Å². The normalized spacial score (nSPS) is 15.3. The van der Waals surface area contributed by atoms with E-state index in [1.54, 1.807) is 62.9 Å². The van der Waals surface area contributed by atoms with Gasteiger partial charge in [-0.25, -0.2) is 4.79 Å². The van der Waals surface area contributed by atoms with Gasteiger partial charge in [-0.1, -0.05) is 23.7 Å². The number of nitrogens with zero attached hydrogens (tertiary/aromatic N) is 1. The molecule has 1 amide bonds. The number of carbonyl (C=O) groups is 2. The Bertz CT molecular complexity index is 874. The van der Waals surface area contributed by atoms with Crippen LogP contribution in [0.5, 0.6) is 5.75 Å². The van der Waals surface area contributed by atoms with E-state index in [1.807, 2.05) is 12.1 Å². The van der Waals surface area contributed by atoms with Crippen molar-refractivity contribution in [1.29, 1.82) is 0 Å². The summed E-state index contributed by atoms with van der Waals surface area (Å²) in [7, 11) is 0. The molecule has 6 heteroatoms. The molecule has 0 unspecified atom stereocenters. The molecule has 27 heavy (non-hydrogen) atoms. The lowest BCUT2D eigenvalue weighted by Gasteiger charge is -2.39. The summed E-state index contributed by atoms with van der Waals surface area (Å²) < 4.78 is 11.0. The van der Waals surface area contributed by atoms with Gasteiger partial charge in [-0.2, -0.15) is 0 Å². The molecule has 1 aliphatic heterocycles. The van der Waals surface area contributed by atoms with Crippen LogP contribution >= 0.6 is 11.6 Å². The van der Waals surface area contributed by atoms with E-state index in [4.69, 9.17) is 21.1 Å². The van der Waals surface area contributed by atoms with Crippen LogP contribution in [-0.4, -0.2) is 23.6 Å². The largest absolute Gasteiger partial charge is 0.476 e. The molecule has 0 radical (unpaired) electrons. The molecule has 0 aliphatic carbocycles. The zero-order valence-corrected chi connectivity index (χ0v) is 16.5. The number of fused-ring (bicyclic) bond motifs is 1. The lowest BCUT2D eigenvalue weighted by molar-refractivity contribution is -0.132. The molecular formula is C21H22ClNO4. The molecule has 142 valence electrons. The summed E-state index contributed by atoms with van der Waals surface area (Å²) in [6.07, 6.45) is -0.174. The minimum Gasteiger partial charge on any atom is -0.476 e. The van der Waals surface area contributed by atoms with Gasteiger partial charge in [0.25, 0.3) is 5.91 Å². The number of rotatable bonds is 4. The van der Waals surface area contributed by atoms with Crippen LogP contribution in [0.15, 0.2) is 42.5 Å². The first-order chi connectivity index (χ1) is 12.7. The number of carbonyl (C=O) groups excluding carboxylic acids is 2. The highest BCUT2D eigenvalue weighted by Gasteiger charge is 2.40. The Morgan fingerprint density at radius 3 is 2.48 bits per heavy atom. The van der Waals surface area contributed by atoms with Crippen molar-refractivity contribution in [1.82, 2.24) is 0 Å². The van der Waals surface area contributed by atoms with Gasteiger partial charge in [-0.3, -0.25) is 4.79 Å². The maximum absolute atomic E-state index is 12.9. The minimum absolute atomic E-state index is 0.152. The van der Waals surface area contributed by atoms with Crippen LogP contribution in [-0.2, 0) is 16.1 Å². The van der Waals surface area contributed by atoms with Crippen LogP contribution in [0.3, 0.4) is 0 Å². The number of benzene rings is 2. The van der Waals surface area contributed by atoms with E-state index in [0.29, 0.717) is 28.6 Å². The van der Waals surface area contributed by atoms with Gasteiger partial charge in [-0.15, -0.1) is 0 Å². The number of halogens is 1. The van der Waals surface area contributed by atoms with Gasteiger partial charge in [0, 0.05) is 5.02 Å². The summed E-state index contributed by atoms with van der Waals surface area (Å²) in [5.74, 6) is 0.0963. The van der Waals surface area contributed by atoms with E-state index in [0.717, 1.165) is 5.56 Å². The maximum Gasteiger partial charge on any atom is 0.338 e. The van der Waals surface area contributed by atoms with Crippen LogP contribution in [0, 0.1) is 0 Å². The number of esters is 1. The first-order valence-corrected chi connectivity index (χ1v) is 9.15. The second kappa shape index (κ2) is 7.24. The van der Waals surface area contributed by atoms with E-state index in [1.165, 1.54) is 0 Å². The van der Waals surface area contributed by atoms with Crippen LogP contribution < -0.4 is 9.64 Å². The van der Waals surface area contributed by atoms with Gasteiger partial charge in [0.15, 0.2) is 5.60 Å². The maximum atomic E-state index is 12.9. The topological polar surface area (TPSA) is 55.8 Å². The van der Waals surface area contributed by atoms with E-state index < -0.39 is 5.60 Å². The van der Waals surface area contributed by atoms with E-state index >= 15 is 0 Å². The Morgan fingerprint density at radius 1 is 1.19 bits per heavy atom. The smallest absolute Gasteiger partial charge is 0.338 e. The molecule has 0 bridgehead atoms. The zero-order valence-electron chi connectivity index (χ0n) is 15.8. The summed E-state index contributed by atoms with van der Waals surface area (Å²) in [5.41, 5.74) is 1.02. The van der Waals surface area contributed by atoms with Crippen LogP contribution in [0.1, 0.15) is 43.6 Å². The predicted octanol–water partition coefficient (Wildman–Crippen LogP) is 4.61. The molecule has 0 fully saturated rings. The fourth-order valence-electron chi connectivity index (χ4n) is 2.91. The molecule has 2 aromatic carbocycles. The standard InChI is InChI=1S/C21H22ClNO4/c1-13(2)26-19(24)15-7-5-14(6-8-15)12-23-17-11-16(22)9-10-18(17)27-21(3,4)20(23)25/h5-11,13H,12H2,1-4H3. The number of hydrogen-bond acceptors (Lipinski definition) is 4. The van der Waals surface area contributed by atoms with E-state index in [-0.39, 0.29) is 18.0 Å². The van der Waals surface area contributed by atoms with Crippen molar-refractivity contribution in [3.05, 3.63) is 58.6 Å². The number of anilines is 1. The molecule has 1 heterocycles. The molecular weight excluding hydrogens is 366 g/mol. The predicted molar refractivity (Wildman–Crippen MR) is 104 cm³/mol. The molecule has 0 atom stereocenters. The van der Waals surface area contributed by atoms with Gasteiger partial charge >= 0.3 is 5.97 Å². The molecule has 3 rings (SSSR count). The average Bonchev–Trinajstić information content (AvgIpc) is 2.59. The fraction of sp³-hybridized carbons (Fsp3) is 0.333. The number of hydrogen-bond donors (Lipinski definition) is 0. The molecule has 0 saturated heterocycles. The summed E-state index contributed by atoms with van der Waals surface area (Å²) in [5, 5.41) is 0.529. The first-order valence-electron chi connectivity index (χ1n) is 8.78. The Morgan fingerprint density at radius 2 is 1.85 bits per heavy atom. The van der Waals surface area contributed by atoms with Gasteiger partial charge in [-0.05, 0) is 63.6 Å². The second-order valence-electron chi connectivity index (χ2n) is 7.27. The third kappa shape index (κ3) is 4.08. The first kappa shape index (κ1) is 19.2. The summed E-state index contributed by atoms with van der Waals surface area (Å²) in [6, 6.07) is 12.3. The highest BCUT2D eigenvalue weighted by Crippen LogP contribution is 2.40. The van der Waals surface area contributed by atoms with Crippen molar-refractivity contribution in [3.8, 4) is 5.75 Å². The van der Waals surface area contributed by atoms with E-state index in [2.05, 4.69) is 0 Å². The van der Waals surface area contributed by atoms with Crippen molar-refractivity contribution in [2.75, 3.05) is 4.90 Å². The molecule has 0 N–H and O–H groups in total. The third-order valence-electron chi connectivity index (χ3n) is 4.21. The Labute approximate surface area is 163 Å². The Balaban J connectivity index is 1.87. The molecule has 0 saturated carbocycles. The average molecular weight is 388 g/mol. The zero-order chi connectivity index (χ0) is 19.8. The highest BCUT2D eigenvalue weighted by molar-refractivity contribution is 6.31. The molecule has 2 aromatic rings. The van der Waals surface area contributed by atoms with Crippen molar-refractivity contribution in [2.45, 2.75) is 45.9 Å². The van der Waals surface area contributed by atoms with Crippen molar-refractivity contribution in [2.24, 2.45) is 0 Å². The molecule has 5 nitrogen and oxygen atoms in total. The summed E-state index contributed by atoms with van der Waals surface area (Å²) in [4.78, 5) is 26.5. The third-order valence-corrected chi connectivity index (χ3v) is 4.45. The lowest BCUT2D eigenvalue weighted by Crippen LogP contribution is -2.52. The van der Waals surface area contributed by atoms with E-state index in [9.17, 15) is 9.59 Å². The fourth-order valence-corrected chi connectivity index (χ4v) is 3.07. The SMILES string of the molecule is CC(C)OC(=O)c1ccc(CN2C(=O)C(C)(C)Oc3ccc(Cl)cc32)cc1. The second-order valence-corrected chi connectivity index (χ2v) is 7.70. The lowest BCUT2D eigenvalue weighted by atomic mass is 10.0. The summed E-state index contributed by atoms with van der Waals surface area (Å²) >= 11 is 6.12. The number of amides is 1. The molecule has 0 aromatic heterocycles. The quantitative estimate of drug-likeness (QED) is 0.719. The summed E-state index contributed by atoms with van der Waals surface area (Å²) in [6.45, 7) is 7.44. The van der Waals surface area contributed by atoms with Crippen molar-refractivity contribution in [3.63, 3.8) is 0 Å². The van der Waals surface area contributed by atoms with Crippen molar-refractivity contribution >= 4 is 29.2 Å². The monoisotopic (exact) mass is 387 g/mol. The Kier molecular flexibility index (Phi) is 5.16. The van der Waals surface area contributed by atoms with Crippen LogP contribution in [0.2, 0.25) is 5.02 Å². The number of ether oxygens (including phenoxy) is 2. The molecule has 0 spiro atoms. The minimum atomic E-state index is -0.970. The van der Waals surface area contributed by atoms with Gasteiger partial charge < -0.3 is 14.4 Å². The van der Waals surface area contributed by atoms with Gasteiger partial charge in [0.1, 0.15) is 5.75 Å². The highest BCUT2D eigenvalue weighted by atomic mass is 35.5. The molecule has 1 aliphatic rings. The van der Waals surface area contributed by atoms with Crippen LogP contribution in [0.4, 0.5) is 5.69 Å².